The van der Waals surface area contributed by atoms with Crippen LogP contribution >= 0.6 is 23.2 Å². The Morgan fingerprint density at radius 2 is 1.97 bits per heavy atom. The Labute approximate surface area is 192 Å². The van der Waals surface area contributed by atoms with Gasteiger partial charge in [0.15, 0.2) is 0 Å². The number of aliphatic hydroxyl groups is 1. The number of nitrogens with one attached hydrogen (secondary N) is 2. The van der Waals surface area contributed by atoms with Gasteiger partial charge >= 0.3 is 0 Å². The second-order valence-electron chi connectivity index (χ2n) is 7.42. The molecule has 4 aromatic rings. The first-order valence-corrected chi connectivity index (χ1v) is 10.7. The Bertz CT molecular complexity index is 1360. The minimum atomic E-state index is -0.560. The Balaban J connectivity index is 1.48. The Kier molecular flexibility index (Phi) is 5.42. The van der Waals surface area contributed by atoms with Crippen molar-refractivity contribution in [2.75, 3.05) is 25.0 Å². The molecule has 10 heteroatoms. The molecule has 5 rings (SSSR count). The molecular weight excluding hydrogens is 451 g/mol. The van der Waals surface area contributed by atoms with Gasteiger partial charge < -0.3 is 20.3 Å². The van der Waals surface area contributed by atoms with Crippen molar-refractivity contribution >= 4 is 56.9 Å². The number of benzene rings is 2. The third-order valence-electron chi connectivity index (χ3n) is 5.35. The molecule has 1 aliphatic rings. The molecule has 1 unspecified atom stereocenters. The molecule has 0 fully saturated rings. The van der Waals surface area contributed by atoms with Gasteiger partial charge in [-0.15, -0.1) is 0 Å². The first-order chi connectivity index (χ1) is 15.5. The molecule has 0 aliphatic carbocycles. The largest absolute Gasteiger partial charge is 0.394 e. The van der Waals surface area contributed by atoms with Crippen LogP contribution in [0.15, 0.2) is 48.8 Å². The molecule has 8 nitrogen and oxygen atoms in total. The van der Waals surface area contributed by atoms with Crippen LogP contribution in [0.3, 0.4) is 0 Å². The number of hydrogen-bond acceptors (Lipinski definition) is 6. The van der Waals surface area contributed by atoms with Gasteiger partial charge in [-0.1, -0.05) is 35.4 Å². The zero-order chi connectivity index (χ0) is 22.2. The third kappa shape index (κ3) is 3.77. The Morgan fingerprint density at radius 1 is 1.16 bits per heavy atom. The molecule has 1 atom stereocenters. The summed E-state index contributed by atoms with van der Waals surface area (Å²) in [5.41, 5.74) is 2.46. The summed E-state index contributed by atoms with van der Waals surface area (Å²) in [6.45, 7) is 0.890. The lowest BCUT2D eigenvalue weighted by Gasteiger charge is -2.18. The van der Waals surface area contributed by atoms with Crippen molar-refractivity contribution < 1.29 is 9.90 Å². The van der Waals surface area contributed by atoms with E-state index in [9.17, 15) is 9.90 Å². The summed E-state index contributed by atoms with van der Waals surface area (Å²) in [6, 6.07) is 8.11. The van der Waals surface area contributed by atoms with E-state index in [1.807, 2.05) is 12.2 Å². The Hall–Kier alpha value is -3.20. The minimum Gasteiger partial charge on any atom is -0.394 e. The van der Waals surface area contributed by atoms with E-state index in [0.717, 1.165) is 11.0 Å². The van der Waals surface area contributed by atoms with Crippen molar-refractivity contribution in [3.8, 4) is 0 Å². The summed E-state index contributed by atoms with van der Waals surface area (Å²) in [4.78, 5) is 30.8. The van der Waals surface area contributed by atoms with E-state index in [2.05, 4.69) is 25.3 Å². The van der Waals surface area contributed by atoms with Gasteiger partial charge in [0.2, 0.25) is 0 Å². The van der Waals surface area contributed by atoms with Gasteiger partial charge in [-0.2, -0.15) is 0 Å². The van der Waals surface area contributed by atoms with Gasteiger partial charge in [0.05, 0.1) is 33.7 Å². The summed E-state index contributed by atoms with van der Waals surface area (Å²) in [7, 11) is 0. The molecule has 2 aromatic heterocycles. The van der Waals surface area contributed by atoms with Crippen LogP contribution in [0, 0.1) is 0 Å². The van der Waals surface area contributed by atoms with E-state index in [0.29, 0.717) is 51.2 Å². The van der Waals surface area contributed by atoms with Crippen molar-refractivity contribution in [2.45, 2.75) is 6.04 Å². The zero-order valence-electron chi connectivity index (χ0n) is 16.7. The molecule has 0 saturated heterocycles. The lowest BCUT2D eigenvalue weighted by molar-refractivity contribution is 0.0800. The fourth-order valence-corrected chi connectivity index (χ4v) is 4.12. The van der Waals surface area contributed by atoms with Crippen LogP contribution in [-0.4, -0.2) is 55.5 Å². The van der Waals surface area contributed by atoms with E-state index in [1.165, 1.54) is 6.33 Å². The average Bonchev–Trinajstić information content (AvgIpc) is 3.46. The predicted octanol–water partition coefficient (Wildman–Crippen LogP) is 3.97. The van der Waals surface area contributed by atoms with Crippen molar-refractivity contribution in [3.05, 3.63) is 70.2 Å². The number of imidazole rings is 1. The van der Waals surface area contributed by atoms with Gasteiger partial charge in [-0.25, -0.2) is 15.0 Å². The van der Waals surface area contributed by atoms with Gasteiger partial charge in [0, 0.05) is 23.5 Å². The second-order valence-corrected chi connectivity index (χ2v) is 8.26. The van der Waals surface area contributed by atoms with E-state index >= 15 is 0 Å². The highest BCUT2D eigenvalue weighted by molar-refractivity contribution is 6.35. The van der Waals surface area contributed by atoms with Crippen LogP contribution < -0.4 is 5.32 Å². The second kappa shape index (κ2) is 8.38. The van der Waals surface area contributed by atoms with Crippen LogP contribution in [0.25, 0.3) is 21.9 Å². The lowest BCUT2D eigenvalue weighted by atomic mass is 10.1. The van der Waals surface area contributed by atoms with Crippen molar-refractivity contribution in [1.29, 1.82) is 0 Å². The molecule has 32 heavy (non-hydrogen) atoms. The maximum Gasteiger partial charge on any atom is 0.256 e. The highest BCUT2D eigenvalue weighted by Gasteiger charge is 2.22. The van der Waals surface area contributed by atoms with E-state index in [-0.39, 0.29) is 12.5 Å². The smallest absolute Gasteiger partial charge is 0.256 e. The molecule has 0 bridgehead atoms. The fourth-order valence-electron chi connectivity index (χ4n) is 3.70. The fraction of sp³-hybridized carbons (Fsp3) is 0.182. The molecule has 3 N–H and O–H groups in total. The van der Waals surface area contributed by atoms with E-state index < -0.39 is 6.04 Å². The molecule has 3 heterocycles. The number of anilines is 1. The lowest BCUT2D eigenvalue weighted by Crippen LogP contribution is -2.28. The molecular formula is C22H18Cl2N6O2. The van der Waals surface area contributed by atoms with Crippen LogP contribution in [0.5, 0.6) is 0 Å². The number of carbonyl (C=O) groups excluding carboxylic acids is 1. The number of nitrogens with zero attached hydrogens (tertiary/aromatic N) is 4. The average molecular weight is 469 g/mol. The highest BCUT2D eigenvalue weighted by Crippen LogP contribution is 2.30. The summed E-state index contributed by atoms with van der Waals surface area (Å²) in [5, 5.41) is 14.7. The molecule has 162 valence electrons. The molecule has 0 spiro atoms. The van der Waals surface area contributed by atoms with E-state index in [1.54, 1.807) is 35.2 Å². The van der Waals surface area contributed by atoms with Crippen molar-refractivity contribution in [3.63, 3.8) is 0 Å². The molecule has 0 saturated carbocycles. The molecule has 1 aliphatic heterocycles. The molecule has 1 amide bonds. The van der Waals surface area contributed by atoms with E-state index in [4.69, 9.17) is 23.2 Å². The minimum absolute atomic E-state index is 0.149. The maximum absolute atomic E-state index is 12.8. The van der Waals surface area contributed by atoms with Crippen molar-refractivity contribution in [1.82, 2.24) is 24.8 Å². The first-order valence-electron chi connectivity index (χ1n) is 9.94. The number of amides is 1. The summed E-state index contributed by atoms with van der Waals surface area (Å²) in [6.07, 6.45) is 5.28. The number of H-pyrrole nitrogens is 1. The maximum atomic E-state index is 12.8. The number of rotatable bonds is 5. The molecule has 0 radical (unpaired) electrons. The third-order valence-corrected chi connectivity index (χ3v) is 5.89. The van der Waals surface area contributed by atoms with Crippen LogP contribution in [0.2, 0.25) is 10.0 Å². The highest BCUT2D eigenvalue weighted by atomic mass is 35.5. The monoisotopic (exact) mass is 468 g/mol. The van der Waals surface area contributed by atoms with Crippen LogP contribution in [-0.2, 0) is 0 Å². The van der Waals surface area contributed by atoms with Gasteiger partial charge in [-0.3, -0.25) is 4.79 Å². The summed E-state index contributed by atoms with van der Waals surface area (Å²) in [5.74, 6) is 0.858. The number of halogens is 2. The summed E-state index contributed by atoms with van der Waals surface area (Å²) >= 11 is 12.5. The van der Waals surface area contributed by atoms with Crippen LogP contribution in [0.4, 0.5) is 5.82 Å². The van der Waals surface area contributed by atoms with Crippen molar-refractivity contribution in [2.24, 2.45) is 0 Å². The Morgan fingerprint density at radius 3 is 2.75 bits per heavy atom. The number of carbonyl (C=O) groups is 1. The van der Waals surface area contributed by atoms with Gasteiger partial charge in [0.1, 0.15) is 24.0 Å². The zero-order valence-corrected chi connectivity index (χ0v) is 18.2. The van der Waals surface area contributed by atoms with Gasteiger partial charge in [-0.05, 0) is 30.3 Å². The summed E-state index contributed by atoms with van der Waals surface area (Å²) < 4.78 is 0. The standard InChI is InChI=1S/C22H18Cl2N6O2/c23-12-3-4-16-18(7-12)28-21(27-16)19(10-31)29-20-14-8-15(24)13(9-17(14)25-11-26-20)22(32)30-5-1-2-6-30/h1-4,7-9,11,19,31H,5-6,10H2,(H,27,28)(H,25,26,29). The number of fused-ring (bicyclic) bond motifs is 2. The number of aliphatic hydroxyl groups excluding tert-OH is 1. The van der Waals surface area contributed by atoms with Gasteiger partial charge in [0.25, 0.3) is 5.91 Å². The topological polar surface area (TPSA) is 107 Å². The first kappa shape index (κ1) is 20.7. The SMILES string of the molecule is O=C(c1cc2ncnc(NC(CO)c3nc4ccc(Cl)cc4[nH]3)c2cc1Cl)N1CC=CC1. The molecule has 2 aromatic carbocycles. The number of aromatic amines is 1. The normalized spacial score (nSPS) is 14.4. The predicted molar refractivity (Wildman–Crippen MR) is 124 cm³/mol. The quantitative estimate of drug-likeness (QED) is 0.382. The number of hydrogen-bond donors (Lipinski definition) is 3. The van der Waals surface area contributed by atoms with Crippen LogP contribution in [0.1, 0.15) is 22.2 Å². The number of aromatic nitrogens is 4.